The van der Waals surface area contributed by atoms with Gasteiger partial charge in [-0.1, -0.05) is 11.3 Å². The average molecular weight is 530 g/mol. The molecule has 4 rings (SSSR count). The summed E-state index contributed by atoms with van der Waals surface area (Å²) in [6.45, 7) is 0.0515. The van der Waals surface area contributed by atoms with Crippen LogP contribution in [0, 0.1) is 11.7 Å². The molecule has 0 bridgehead atoms. The van der Waals surface area contributed by atoms with Crippen LogP contribution in [0.15, 0.2) is 36.9 Å². The van der Waals surface area contributed by atoms with E-state index in [1.165, 1.54) is 36.9 Å². The number of carbonyl (C=O) groups is 2. The minimum Gasteiger partial charge on any atom is -0.471 e. The molecule has 13 heteroatoms. The number of anilines is 1. The number of thiazole rings is 1. The van der Waals surface area contributed by atoms with Gasteiger partial charge in [-0.15, -0.1) is 0 Å². The summed E-state index contributed by atoms with van der Waals surface area (Å²) in [5, 5.41) is 7.57. The summed E-state index contributed by atoms with van der Waals surface area (Å²) in [5.41, 5.74) is 1.83. The molecule has 1 saturated heterocycles. The highest BCUT2D eigenvalue weighted by Gasteiger charge is 2.14. The summed E-state index contributed by atoms with van der Waals surface area (Å²) < 4.78 is 37.6. The molecule has 3 aromatic rings. The predicted octanol–water partition coefficient (Wildman–Crippen LogP) is 3.38. The number of aromatic nitrogens is 3. The van der Waals surface area contributed by atoms with Gasteiger partial charge in [-0.2, -0.15) is 8.78 Å². The Kier molecular flexibility index (Phi) is 14.8. The Morgan fingerprint density at radius 1 is 1.25 bits per heavy atom. The molecule has 2 aromatic heterocycles. The fraction of sp³-hybridized carbons (Fsp3) is 0.435. The number of aldehydes is 1. The van der Waals surface area contributed by atoms with Gasteiger partial charge < -0.3 is 24.4 Å². The van der Waals surface area contributed by atoms with Gasteiger partial charge >= 0.3 is 6.61 Å². The van der Waals surface area contributed by atoms with Crippen LogP contribution >= 0.6 is 11.3 Å². The molecular weight excluding hydrogens is 499 g/mol. The number of carbonyl (C=O) groups excluding carboxylic acids is 2. The molecule has 0 spiro atoms. The van der Waals surface area contributed by atoms with E-state index in [0.29, 0.717) is 18.9 Å². The molecule has 9 nitrogen and oxygen atoms in total. The zero-order valence-corrected chi connectivity index (χ0v) is 21.1. The number of alkyl halides is 2. The summed E-state index contributed by atoms with van der Waals surface area (Å²) in [6.07, 6.45) is 8.25. The van der Waals surface area contributed by atoms with Gasteiger partial charge in [-0.05, 0) is 51.2 Å². The van der Waals surface area contributed by atoms with Crippen LogP contribution in [0.1, 0.15) is 18.4 Å². The average Bonchev–Trinajstić information content (AvgIpc) is 3.29. The van der Waals surface area contributed by atoms with Crippen molar-refractivity contribution in [2.45, 2.75) is 26.0 Å². The van der Waals surface area contributed by atoms with Gasteiger partial charge in [0.1, 0.15) is 18.4 Å². The molecule has 0 aliphatic carbocycles. The standard InChI is InChI=1S/C13H11FN4S.C7H13NO.C2H4O2.CH2F2O/c1-18(7-9-5-15-8-16-6-9)13-17-11-3-2-10(14)4-12(11)19-13;1-8-4-2-7(6-9)3-5-8;1-4-2-3;2-1(3)4/h2-6,8H,7H2,1H3;6-7H,2-5H2,1H3;2H,1H3;1,4H. The number of rotatable bonds is 5. The summed E-state index contributed by atoms with van der Waals surface area (Å²) in [6, 6.07) is 4.64. The fourth-order valence-electron chi connectivity index (χ4n) is 2.97. The number of hydrogen-bond acceptors (Lipinski definition) is 10. The Balaban J connectivity index is 0.000000316. The Labute approximate surface area is 211 Å². The molecule has 1 N–H and O–H groups in total. The molecule has 1 aliphatic heterocycles. The van der Waals surface area contributed by atoms with Crippen LogP contribution in [0.3, 0.4) is 0 Å². The van der Waals surface area contributed by atoms with Crippen LogP contribution in [0.4, 0.5) is 18.3 Å². The van der Waals surface area contributed by atoms with Crippen LogP contribution < -0.4 is 4.90 Å². The lowest BCUT2D eigenvalue weighted by Crippen LogP contribution is -2.30. The number of piperidine rings is 1. The zero-order valence-electron chi connectivity index (χ0n) is 20.3. The number of ether oxygens (including phenoxy) is 1. The maximum absolute atomic E-state index is 13.1. The second-order valence-electron chi connectivity index (χ2n) is 7.60. The molecule has 0 amide bonds. The molecule has 1 aliphatic rings. The largest absolute Gasteiger partial charge is 0.471 e. The van der Waals surface area contributed by atoms with Crippen molar-refractivity contribution in [2.75, 3.05) is 39.2 Å². The van der Waals surface area contributed by atoms with E-state index in [4.69, 9.17) is 9.90 Å². The molecule has 0 saturated carbocycles. The monoisotopic (exact) mass is 529 g/mol. The third-order valence-corrected chi connectivity index (χ3v) is 5.88. The summed E-state index contributed by atoms with van der Waals surface area (Å²) in [5.74, 6) is 0.114. The number of fused-ring (bicyclic) bond motifs is 1. The first-order chi connectivity index (χ1) is 17.2. The lowest BCUT2D eigenvalue weighted by molar-refractivity contribution is -0.126. The summed E-state index contributed by atoms with van der Waals surface area (Å²) >= 11 is 1.47. The zero-order chi connectivity index (χ0) is 26.9. The highest BCUT2D eigenvalue weighted by molar-refractivity contribution is 7.22. The Hall–Kier alpha value is -3.16. The van der Waals surface area contributed by atoms with Crippen molar-refractivity contribution in [3.05, 3.63) is 48.3 Å². The number of aliphatic hydroxyl groups excluding tert-OH is 1. The lowest BCUT2D eigenvalue weighted by atomic mass is 9.99. The Bertz CT molecular complexity index is 1020. The third-order valence-electron chi connectivity index (χ3n) is 4.75. The number of nitrogens with zero attached hydrogens (tertiary/aromatic N) is 5. The van der Waals surface area contributed by atoms with Crippen LogP contribution in [-0.2, 0) is 20.9 Å². The Morgan fingerprint density at radius 3 is 2.36 bits per heavy atom. The van der Waals surface area contributed by atoms with Crippen LogP contribution in [0.5, 0.6) is 0 Å². The van der Waals surface area contributed by atoms with E-state index in [2.05, 4.69) is 31.6 Å². The van der Waals surface area contributed by atoms with Crippen molar-refractivity contribution >= 4 is 39.4 Å². The number of halogens is 3. The first-order valence-electron chi connectivity index (χ1n) is 10.8. The van der Waals surface area contributed by atoms with Gasteiger partial charge in [-0.25, -0.2) is 19.3 Å². The van der Waals surface area contributed by atoms with Crippen molar-refractivity contribution in [1.82, 2.24) is 19.9 Å². The van der Waals surface area contributed by atoms with Gasteiger partial charge in [0.25, 0.3) is 6.47 Å². The number of likely N-dealkylation sites (tertiary alicyclic amines) is 1. The predicted molar refractivity (Wildman–Crippen MR) is 131 cm³/mol. The smallest absolute Gasteiger partial charge is 0.342 e. The van der Waals surface area contributed by atoms with Crippen LogP contribution in [0.2, 0.25) is 0 Å². The molecule has 0 unspecified atom stereocenters. The molecule has 36 heavy (non-hydrogen) atoms. The second kappa shape index (κ2) is 17.3. The highest BCUT2D eigenvalue weighted by Crippen LogP contribution is 2.29. The lowest BCUT2D eigenvalue weighted by Gasteiger charge is -2.25. The van der Waals surface area contributed by atoms with E-state index < -0.39 is 6.61 Å². The molecule has 0 radical (unpaired) electrons. The van der Waals surface area contributed by atoms with Crippen molar-refractivity contribution < 1.29 is 32.6 Å². The van der Waals surface area contributed by atoms with Crippen molar-refractivity contribution in [2.24, 2.45) is 5.92 Å². The van der Waals surface area contributed by atoms with Crippen LogP contribution in [0.25, 0.3) is 10.2 Å². The molecule has 0 atom stereocenters. The first kappa shape index (κ1) is 30.9. The van der Waals surface area contributed by atoms with Crippen molar-refractivity contribution in [3.8, 4) is 0 Å². The van der Waals surface area contributed by atoms with Gasteiger partial charge in [0.2, 0.25) is 0 Å². The summed E-state index contributed by atoms with van der Waals surface area (Å²) in [7, 11) is 5.36. The maximum atomic E-state index is 13.1. The molecule has 3 heterocycles. The molecule has 198 valence electrons. The number of methoxy groups -OCH3 is 1. The maximum Gasteiger partial charge on any atom is 0.342 e. The van der Waals surface area contributed by atoms with Gasteiger partial charge in [0.15, 0.2) is 5.13 Å². The number of benzene rings is 1. The van der Waals surface area contributed by atoms with Crippen LogP contribution in [-0.4, -0.2) is 78.6 Å². The number of hydrogen-bond donors (Lipinski definition) is 1. The minimum atomic E-state index is -3.17. The third kappa shape index (κ3) is 12.5. The quantitative estimate of drug-likeness (QED) is 0.498. The van der Waals surface area contributed by atoms with E-state index in [0.717, 1.165) is 53.1 Å². The first-order valence-corrected chi connectivity index (χ1v) is 11.6. The minimum absolute atomic E-state index is 0.234. The highest BCUT2D eigenvalue weighted by atomic mass is 32.1. The van der Waals surface area contributed by atoms with E-state index in [9.17, 15) is 18.0 Å². The van der Waals surface area contributed by atoms with Gasteiger partial charge in [0.05, 0.1) is 17.3 Å². The SMILES string of the molecule is CN(Cc1cncnc1)c1nc2ccc(F)cc2s1.CN1CCC(C=O)CC1.COC=O.OC(F)F. The van der Waals surface area contributed by atoms with E-state index >= 15 is 0 Å². The Morgan fingerprint density at radius 2 is 1.83 bits per heavy atom. The van der Waals surface area contributed by atoms with E-state index in [1.54, 1.807) is 18.5 Å². The molecule has 1 fully saturated rings. The summed E-state index contributed by atoms with van der Waals surface area (Å²) in [4.78, 5) is 35.9. The normalized spacial score (nSPS) is 13.3. The molecule has 1 aromatic carbocycles. The van der Waals surface area contributed by atoms with Crippen molar-refractivity contribution in [1.29, 1.82) is 0 Å². The molecular formula is C23H30F3N5O4S. The topological polar surface area (TPSA) is 109 Å². The van der Waals surface area contributed by atoms with Gasteiger partial charge in [-0.3, -0.25) is 4.79 Å². The second-order valence-corrected chi connectivity index (χ2v) is 8.61. The van der Waals surface area contributed by atoms with E-state index in [1.807, 2.05) is 11.9 Å². The van der Waals surface area contributed by atoms with Gasteiger partial charge in [0, 0.05) is 37.5 Å². The number of aliphatic hydroxyl groups is 1. The fourth-order valence-corrected chi connectivity index (χ4v) is 3.92. The van der Waals surface area contributed by atoms with E-state index in [-0.39, 0.29) is 5.82 Å². The van der Waals surface area contributed by atoms with Crippen molar-refractivity contribution in [3.63, 3.8) is 0 Å².